The number of likely N-dealkylation sites (tertiary alicyclic amines) is 2. The molecule has 2 aliphatic rings. The fraction of sp³-hybridized carbons (Fsp3) is 0.913. The van der Waals surface area contributed by atoms with Gasteiger partial charge < -0.3 is 9.80 Å². The number of nitrogens with zero attached hydrogens (tertiary/aromatic N) is 4. The first-order valence-electron chi connectivity index (χ1n) is 11.3. The van der Waals surface area contributed by atoms with Gasteiger partial charge in [0.25, 0.3) is 0 Å². The highest BCUT2D eigenvalue weighted by Gasteiger charge is 2.37. The van der Waals surface area contributed by atoms with Crippen molar-refractivity contribution in [2.75, 3.05) is 39.8 Å². The summed E-state index contributed by atoms with van der Waals surface area (Å²) in [7, 11) is 2.11. The van der Waals surface area contributed by atoms with Crippen molar-refractivity contribution >= 4 is 0 Å². The summed E-state index contributed by atoms with van der Waals surface area (Å²) in [5, 5.41) is 25.4. The van der Waals surface area contributed by atoms with E-state index >= 15 is 0 Å². The summed E-state index contributed by atoms with van der Waals surface area (Å²) < 4.78 is 0. The van der Waals surface area contributed by atoms with E-state index in [2.05, 4.69) is 81.2 Å². The number of piperidine rings is 2. The molecule has 0 aromatic heterocycles. The van der Waals surface area contributed by atoms with Crippen molar-refractivity contribution in [2.24, 2.45) is 0 Å². The van der Waals surface area contributed by atoms with E-state index in [9.17, 15) is 5.26 Å². The number of nitriles is 2. The molecule has 0 radical (unpaired) electrons. The molecule has 2 rings (SSSR count). The van der Waals surface area contributed by atoms with E-state index < -0.39 is 0 Å². The molecule has 0 unspecified atom stereocenters. The number of nitrogens with one attached hydrogen (secondary N) is 2. The van der Waals surface area contributed by atoms with E-state index in [1.807, 2.05) is 0 Å². The Morgan fingerprint density at radius 2 is 1.41 bits per heavy atom. The summed E-state index contributed by atoms with van der Waals surface area (Å²) in [6.45, 7) is 18.1. The van der Waals surface area contributed by atoms with Crippen LogP contribution >= 0.6 is 0 Å². The molecule has 2 saturated heterocycles. The van der Waals surface area contributed by atoms with E-state index in [1.165, 1.54) is 6.42 Å². The molecule has 0 bridgehead atoms. The van der Waals surface area contributed by atoms with Gasteiger partial charge in [-0.3, -0.25) is 10.6 Å². The third kappa shape index (κ3) is 9.01. The van der Waals surface area contributed by atoms with Crippen LogP contribution in [-0.2, 0) is 0 Å². The van der Waals surface area contributed by atoms with Crippen LogP contribution in [0.15, 0.2) is 0 Å². The molecular weight excluding hydrogens is 360 g/mol. The zero-order valence-electron chi connectivity index (χ0n) is 19.9. The highest BCUT2D eigenvalue weighted by Crippen LogP contribution is 2.24. The molecule has 2 fully saturated rings. The standard InChI is InChI=1S/C13H25N3.C10H19N3/c1-5-8-16-9-6-13(11-14,7-10-16)15-12(2,3)4;1-9(2)12-10(8-11)4-6-13(3)7-5-10/h15H,5-10H2,1-4H3;9,12H,4-7H2,1-3H3. The van der Waals surface area contributed by atoms with Crippen LogP contribution in [0.3, 0.4) is 0 Å². The molecule has 0 amide bonds. The first-order valence-corrected chi connectivity index (χ1v) is 11.3. The van der Waals surface area contributed by atoms with Gasteiger partial charge in [-0.05, 0) is 80.3 Å². The lowest BCUT2D eigenvalue weighted by molar-refractivity contribution is 0.146. The second kappa shape index (κ2) is 11.3. The fourth-order valence-corrected chi connectivity index (χ4v) is 4.30. The molecule has 2 N–H and O–H groups in total. The molecule has 0 aliphatic carbocycles. The van der Waals surface area contributed by atoms with E-state index in [4.69, 9.17) is 5.26 Å². The Kier molecular flexibility index (Phi) is 10.1. The van der Waals surface area contributed by atoms with Gasteiger partial charge >= 0.3 is 0 Å². The molecule has 2 heterocycles. The van der Waals surface area contributed by atoms with Crippen molar-refractivity contribution in [3.05, 3.63) is 0 Å². The Morgan fingerprint density at radius 1 is 0.931 bits per heavy atom. The second-order valence-electron chi connectivity index (χ2n) is 10.2. The SMILES string of the molecule is CC(C)NC1(C#N)CCN(C)CC1.CCCN1CCC(C#N)(NC(C)(C)C)CC1. The number of rotatable bonds is 5. The molecule has 6 nitrogen and oxygen atoms in total. The number of hydrogen-bond donors (Lipinski definition) is 2. The van der Waals surface area contributed by atoms with Gasteiger partial charge in [0.1, 0.15) is 11.1 Å². The van der Waals surface area contributed by atoms with Crippen LogP contribution in [0.5, 0.6) is 0 Å². The minimum absolute atomic E-state index is 0.0165. The van der Waals surface area contributed by atoms with E-state index in [-0.39, 0.29) is 16.6 Å². The Balaban J connectivity index is 0.000000296. The Hall–Kier alpha value is -1.18. The average molecular weight is 405 g/mol. The molecule has 166 valence electrons. The largest absolute Gasteiger partial charge is 0.306 e. The number of hydrogen-bond acceptors (Lipinski definition) is 6. The first kappa shape index (κ1) is 25.9. The summed E-state index contributed by atoms with van der Waals surface area (Å²) in [5.74, 6) is 0. The lowest BCUT2D eigenvalue weighted by atomic mass is 9.86. The predicted octanol–water partition coefficient (Wildman–Crippen LogP) is 3.12. The lowest BCUT2D eigenvalue weighted by Gasteiger charge is -2.41. The second-order valence-corrected chi connectivity index (χ2v) is 10.2. The van der Waals surface area contributed by atoms with Gasteiger partial charge in [0.2, 0.25) is 0 Å². The Labute approximate surface area is 179 Å². The van der Waals surface area contributed by atoms with Crippen LogP contribution in [0.2, 0.25) is 0 Å². The zero-order valence-corrected chi connectivity index (χ0v) is 19.9. The highest BCUT2D eigenvalue weighted by molar-refractivity contribution is 5.12. The van der Waals surface area contributed by atoms with Gasteiger partial charge in [-0.25, -0.2) is 0 Å². The van der Waals surface area contributed by atoms with Gasteiger partial charge in [-0.1, -0.05) is 6.92 Å². The Morgan fingerprint density at radius 3 is 1.79 bits per heavy atom. The van der Waals surface area contributed by atoms with Crippen molar-refractivity contribution in [1.29, 1.82) is 10.5 Å². The summed E-state index contributed by atoms with van der Waals surface area (Å²) in [4.78, 5) is 4.73. The zero-order chi connectivity index (χ0) is 22.1. The van der Waals surface area contributed by atoms with Crippen molar-refractivity contribution in [3.8, 4) is 12.1 Å². The summed E-state index contributed by atoms with van der Waals surface area (Å²) >= 11 is 0. The van der Waals surface area contributed by atoms with Gasteiger partial charge in [0, 0.05) is 37.8 Å². The molecule has 0 atom stereocenters. The topological polar surface area (TPSA) is 78.1 Å². The quantitative estimate of drug-likeness (QED) is 0.733. The molecular formula is C23H44N6. The smallest absolute Gasteiger partial charge is 0.109 e. The normalized spacial score (nSPS) is 22.3. The molecule has 0 spiro atoms. The summed E-state index contributed by atoms with van der Waals surface area (Å²) in [6, 6.07) is 5.32. The van der Waals surface area contributed by atoms with Gasteiger partial charge in [-0.2, -0.15) is 10.5 Å². The molecule has 0 aromatic rings. The monoisotopic (exact) mass is 404 g/mol. The van der Waals surface area contributed by atoms with Crippen molar-refractivity contribution in [3.63, 3.8) is 0 Å². The maximum atomic E-state index is 9.39. The summed E-state index contributed by atoms with van der Waals surface area (Å²) in [5.41, 5.74) is -0.550. The highest BCUT2D eigenvalue weighted by atomic mass is 15.2. The van der Waals surface area contributed by atoms with Gasteiger partial charge in [-0.15, -0.1) is 0 Å². The van der Waals surface area contributed by atoms with Crippen LogP contribution in [-0.4, -0.2) is 72.2 Å². The molecule has 29 heavy (non-hydrogen) atoms. The average Bonchev–Trinajstić information content (AvgIpc) is 2.65. The third-order valence-electron chi connectivity index (χ3n) is 5.70. The van der Waals surface area contributed by atoms with Crippen LogP contribution < -0.4 is 10.6 Å². The van der Waals surface area contributed by atoms with E-state index in [0.29, 0.717) is 6.04 Å². The molecule has 0 saturated carbocycles. The maximum absolute atomic E-state index is 9.39. The van der Waals surface area contributed by atoms with E-state index in [0.717, 1.165) is 58.4 Å². The predicted molar refractivity (Wildman–Crippen MR) is 121 cm³/mol. The van der Waals surface area contributed by atoms with Crippen LogP contribution in [0.25, 0.3) is 0 Å². The van der Waals surface area contributed by atoms with Crippen molar-refractivity contribution in [2.45, 2.75) is 96.3 Å². The minimum Gasteiger partial charge on any atom is -0.306 e. The molecule has 6 heteroatoms. The van der Waals surface area contributed by atoms with E-state index in [1.54, 1.807) is 0 Å². The van der Waals surface area contributed by atoms with Crippen molar-refractivity contribution in [1.82, 2.24) is 20.4 Å². The van der Waals surface area contributed by atoms with Crippen molar-refractivity contribution < 1.29 is 0 Å². The van der Waals surface area contributed by atoms with Gasteiger partial charge in [0.15, 0.2) is 0 Å². The minimum atomic E-state index is -0.303. The molecule has 2 aliphatic heterocycles. The van der Waals surface area contributed by atoms with Crippen LogP contribution in [0, 0.1) is 22.7 Å². The first-order chi connectivity index (χ1) is 13.5. The molecule has 0 aromatic carbocycles. The maximum Gasteiger partial charge on any atom is 0.109 e. The fourth-order valence-electron chi connectivity index (χ4n) is 4.30. The lowest BCUT2D eigenvalue weighted by Crippen LogP contribution is -2.58. The summed E-state index contributed by atoms with van der Waals surface area (Å²) in [6.07, 6.45) is 4.98. The third-order valence-corrected chi connectivity index (χ3v) is 5.70. The Bertz CT molecular complexity index is 549. The van der Waals surface area contributed by atoms with Crippen LogP contribution in [0.1, 0.15) is 73.6 Å². The van der Waals surface area contributed by atoms with Crippen LogP contribution in [0.4, 0.5) is 0 Å². The van der Waals surface area contributed by atoms with Gasteiger partial charge in [0.05, 0.1) is 12.1 Å².